The first-order valence-corrected chi connectivity index (χ1v) is 11.7. The normalized spacial score (nSPS) is 23.1. The molecule has 8 heteroatoms. The van der Waals surface area contributed by atoms with E-state index >= 15 is 0 Å². The zero-order valence-electron chi connectivity index (χ0n) is 18.4. The summed E-state index contributed by atoms with van der Waals surface area (Å²) in [7, 11) is 0. The number of hydrogen-bond acceptors (Lipinski definition) is 5. The van der Waals surface area contributed by atoms with Gasteiger partial charge in [-0.05, 0) is 81.6 Å². The van der Waals surface area contributed by atoms with Crippen LogP contribution in [0, 0.1) is 5.82 Å². The Labute approximate surface area is 187 Å². The average Bonchev–Trinajstić information content (AvgIpc) is 2.79. The molecule has 0 radical (unpaired) electrons. The van der Waals surface area contributed by atoms with Crippen LogP contribution in [-0.2, 0) is 6.42 Å². The number of halogens is 2. The lowest BCUT2D eigenvalue weighted by atomic mass is 9.80. The minimum Gasteiger partial charge on any atom is -0.354 e. The van der Waals surface area contributed by atoms with Gasteiger partial charge in [0.15, 0.2) is 0 Å². The maximum absolute atomic E-state index is 13.7. The largest absolute Gasteiger partial charge is 0.354 e. The smallest absolute Gasteiger partial charge is 0.256 e. The third kappa shape index (κ3) is 5.72. The van der Waals surface area contributed by atoms with E-state index in [0.717, 1.165) is 42.8 Å². The van der Waals surface area contributed by atoms with Gasteiger partial charge in [-0.2, -0.15) is 0 Å². The van der Waals surface area contributed by atoms with Crippen LogP contribution in [0.1, 0.15) is 67.2 Å². The number of alkyl halides is 1. The number of H-pyrrole nitrogens is 1. The van der Waals surface area contributed by atoms with Crippen LogP contribution in [0.15, 0.2) is 29.1 Å². The Balaban J connectivity index is 1.51. The predicted molar refractivity (Wildman–Crippen MR) is 122 cm³/mol. The molecule has 2 fully saturated rings. The van der Waals surface area contributed by atoms with Gasteiger partial charge in [-0.25, -0.2) is 13.8 Å². The third-order valence-corrected chi connectivity index (χ3v) is 6.69. The van der Waals surface area contributed by atoms with Crippen LogP contribution in [0.3, 0.4) is 0 Å². The van der Waals surface area contributed by atoms with Crippen LogP contribution in [0.2, 0.25) is 0 Å². The molecule has 32 heavy (non-hydrogen) atoms. The highest BCUT2D eigenvalue weighted by Gasteiger charge is 2.30. The Bertz CT molecular complexity index is 952. The van der Waals surface area contributed by atoms with Gasteiger partial charge in [-0.3, -0.25) is 9.78 Å². The molecule has 5 N–H and O–H groups in total. The monoisotopic (exact) mass is 445 g/mol. The molecule has 2 aliphatic rings. The van der Waals surface area contributed by atoms with Crippen molar-refractivity contribution >= 4 is 5.95 Å². The molecule has 0 amide bonds. The molecule has 1 aromatic heterocycles. The topological polar surface area (TPSA) is 95.8 Å². The number of nitrogens with two attached hydrogens (primary N) is 1. The van der Waals surface area contributed by atoms with Crippen molar-refractivity contribution in [3.8, 4) is 0 Å². The van der Waals surface area contributed by atoms with Gasteiger partial charge in [0.1, 0.15) is 12.0 Å². The summed E-state index contributed by atoms with van der Waals surface area (Å²) in [6.45, 7) is 2.20. The first kappa shape index (κ1) is 22.9. The first-order chi connectivity index (χ1) is 15.5. The summed E-state index contributed by atoms with van der Waals surface area (Å²) in [4.78, 5) is 20.9. The molecule has 0 bridgehead atoms. The molecule has 2 heterocycles. The Hall–Kier alpha value is -2.32. The molecular formula is C24H33F2N5O. The quantitative estimate of drug-likeness (QED) is 0.524. The number of aromatic amines is 1. The summed E-state index contributed by atoms with van der Waals surface area (Å²) in [6, 6.07) is 6.15. The highest BCUT2D eigenvalue weighted by atomic mass is 19.1. The molecule has 0 spiro atoms. The van der Waals surface area contributed by atoms with E-state index < -0.39 is 6.17 Å². The fourth-order valence-corrected chi connectivity index (χ4v) is 4.99. The predicted octanol–water partition coefficient (Wildman–Crippen LogP) is 3.35. The Kier molecular flexibility index (Phi) is 7.52. The summed E-state index contributed by atoms with van der Waals surface area (Å²) >= 11 is 0. The van der Waals surface area contributed by atoms with E-state index in [4.69, 9.17) is 10.7 Å². The van der Waals surface area contributed by atoms with E-state index in [2.05, 4.69) is 15.6 Å². The fraction of sp³-hybridized carbons (Fsp3) is 0.583. The van der Waals surface area contributed by atoms with Gasteiger partial charge >= 0.3 is 0 Å². The van der Waals surface area contributed by atoms with Crippen molar-refractivity contribution in [2.45, 2.75) is 69.0 Å². The van der Waals surface area contributed by atoms with E-state index in [1.54, 1.807) is 6.07 Å². The number of rotatable bonds is 7. The van der Waals surface area contributed by atoms with Gasteiger partial charge in [0, 0.05) is 24.1 Å². The maximum Gasteiger partial charge on any atom is 0.256 e. The molecule has 1 aliphatic carbocycles. The van der Waals surface area contributed by atoms with Crippen LogP contribution in [0.25, 0.3) is 0 Å². The van der Waals surface area contributed by atoms with Crippen LogP contribution < -0.4 is 21.9 Å². The number of anilines is 1. The number of benzene rings is 1. The molecular weight excluding hydrogens is 412 g/mol. The minimum atomic E-state index is -0.763. The lowest BCUT2D eigenvalue weighted by molar-refractivity contribution is 0.234. The summed E-state index contributed by atoms with van der Waals surface area (Å²) in [5.74, 6) is 0.421. The maximum atomic E-state index is 13.7. The van der Waals surface area contributed by atoms with Crippen LogP contribution in [0.5, 0.6) is 0 Å². The average molecular weight is 446 g/mol. The van der Waals surface area contributed by atoms with E-state index in [1.807, 2.05) is 6.07 Å². The zero-order chi connectivity index (χ0) is 22.5. The van der Waals surface area contributed by atoms with E-state index in [-0.39, 0.29) is 29.3 Å². The molecule has 1 atom stereocenters. The Morgan fingerprint density at radius 1 is 1.12 bits per heavy atom. The highest BCUT2D eigenvalue weighted by Crippen LogP contribution is 2.37. The van der Waals surface area contributed by atoms with Crippen LogP contribution in [-0.4, -0.2) is 41.8 Å². The zero-order valence-corrected chi connectivity index (χ0v) is 18.4. The van der Waals surface area contributed by atoms with Gasteiger partial charge in [-0.1, -0.05) is 12.1 Å². The molecule has 4 rings (SSSR count). The molecule has 2 aromatic rings. The summed E-state index contributed by atoms with van der Waals surface area (Å²) in [5, 5.41) is 6.54. The lowest BCUT2D eigenvalue weighted by Gasteiger charge is -2.29. The van der Waals surface area contributed by atoms with Crippen molar-refractivity contribution < 1.29 is 8.78 Å². The second-order valence-electron chi connectivity index (χ2n) is 9.16. The standard InChI is InChI=1S/C24H33F2N5O/c25-18-6-4-16(5-7-18)21-22(17-8-10-28-11-9-17)30-24(31-23(21)32)29-14-20(27)13-15-2-1-3-19(26)12-15/h1-3,12,16-18,20,28H,4-11,13-14,27H2,(H2,29,30,31,32). The second kappa shape index (κ2) is 10.5. The molecule has 1 saturated heterocycles. The van der Waals surface area contributed by atoms with Crippen LogP contribution >= 0.6 is 0 Å². The highest BCUT2D eigenvalue weighted by molar-refractivity contribution is 5.35. The van der Waals surface area contributed by atoms with Gasteiger partial charge in [0.05, 0.1) is 5.69 Å². The number of piperidine rings is 1. The first-order valence-electron chi connectivity index (χ1n) is 11.7. The molecule has 1 unspecified atom stereocenters. The molecule has 1 aliphatic heterocycles. The van der Waals surface area contributed by atoms with Gasteiger partial charge < -0.3 is 16.4 Å². The van der Waals surface area contributed by atoms with E-state index in [9.17, 15) is 13.6 Å². The number of hydrogen-bond donors (Lipinski definition) is 4. The molecule has 1 saturated carbocycles. The fourth-order valence-electron chi connectivity index (χ4n) is 4.99. The molecule has 1 aromatic carbocycles. The Morgan fingerprint density at radius 2 is 1.88 bits per heavy atom. The van der Waals surface area contributed by atoms with Crippen molar-refractivity contribution in [1.82, 2.24) is 15.3 Å². The second-order valence-corrected chi connectivity index (χ2v) is 9.16. The Morgan fingerprint density at radius 3 is 2.59 bits per heavy atom. The third-order valence-electron chi connectivity index (χ3n) is 6.69. The lowest BCUT2D eigenvalue weighted by Crippen LogP contribution is -2.34. The SMILES string of the molecule is NC(CNc1nc(C2CCNCC2)c(C2CCC(F)CC2)c(=O)[nH]1)Cc1cccc(F)c1. The van der Waals surface area contributed by atoms with Crippen molar-refractivity contribution in [3.05, 3.63) is 57.3 Å². The minimum absolute atomic E-state index is 0.0624. The summed E-state index contributed by atoms with van der Waals surface area (Å²) in [6.07, 6.45) is 4.00. The van der Waals surface area contributed by atoms with Crippen molar-refractivity contribution in [2.24, 2.45) is 5.73 Å². The molecule has 174 valence electrons. The van der Waals surface area contributed by atoms with Crippen molar-refractivity contribution in [1.29, 1.82) is 0 Å². The van der Waals surface area contributed by atoms with E-state index in [1.165, 1.54) is 12.1 Å². The molecule has 6 nitrogen and oxygen atoms in total. The number of aromatic nitrogens is 2. The van der Waals surface area contributed by atoms with Crippen molar-refractivity contribution in [3.63, 3.8) is 0 Å². The number of nitrogens with zero attached hydrogens (tertiary/aromatic N) is 1. The summed E-state index contributed by atoms with van der Waals surface area (Å²) < 4.78 is 27.1. The summed E-state index contributed by atoms with van der Waals surface area (Å²) in [5.41, 5.74) is 8.54. The number of nitrogens with one attached hydrogen (secondary N) is 3. The van der Waals surface area contributed by atoms with Gasteiger partial charge in [0.2, 0.25) is 5.95 Å². The van der Waals surface area contributed by atoms with Crippen molar-refractivity contribution in [2.75, 3.05) is 25.0 Å². The van der Waals surface area contributed by atoms with Crippen LogP contribution in [0.4, 0.5) is 14.7 Å². The van der Waals surface area contributed by atoms with E-state index in [0.29, 0.717) is 44.6 Å². The van der Waals surface area contributed by atoms with Gasteiger partial charge in [0.25, 0.3) is 5.56 Å². The van der Waals surface area contributed by atoms with Gasteiger partial charge in [-0.15, -0.1) is 0 Å².